The molecule has 3 nitrogen and oxygen atoms in total. The molecule has 1 unspecified atom stereocenters. The van der Waals surface area contributed by atoms with Gasteiger partial charge >= 0.3 is 6.03 Å². The SMILES string of the molecule is CCCCNC(=O)NCC(C)SC. The van der Waals surface area contributed by atoms with Crippen molar-refractivity contribution in [2.75, 3.05) is 19.3 Å². The van der Waals surface area contributed by atoms with E-state index in [4.69, 9.17) is 0 Å². The Morgan fingerprint density at radius 3 is 2.69 bits per heavy atom. The Bertz CT molecular complexity index is 142. The summed E-state index contributed by atoms with van der Waals surface area (Å²) in [5.74, 6) is 0. The summed E-state index contributed by atoms with van der Waals surface area (Å²) in [5, 5.41) is 6.11. The van der Waals surface area contributed by atoms with Gasteiger partial charge in [0.2, 0.25) is 0 Å². The highest BCUT2D eigenvalue weighted by molar-refractivity contribution is 7.99. The average Bonchev–Trinajstić information content (AvgIpc) is 2.14. The van der Waals surface area contributed by atoms with Gasteiger partial charge in [-0.2, -0.15) is 11.8 Å². The zero-order chi connectivity index (χ0) is 10.1. The van der Waals surface area contributed by atoms with Crippen molar-refractivity contribution in [1.82, 2.24) is 10.6 Å². The number of unbranched alkanes of at least 4 members (excludes halogenated alkanes) is 1. The highest BCUT2D eigenvalue weighted by Gasteiger charge is 2.02. The molecule has 13 heavy (non-hydrogen) atoms. The molecule has 4 heteroatoms. The van der Waals surface area contributed by atoms with Gasteiger partial charge < -0.3 is 10.6 Å². The number of carbonyl (C=O) groups excluding carboxylic acids is 1. The summed E-state index contributed by atoms with van der Waals surface area (Å²) >= 11 is 1.75. The van der Waals surface area contributed by atoms with Gasteiger partial charge in [-0.15, -0.1) is 0 Å². The summed E-state index contributed by atoms with van der Waals surface area (Å²) < 4.78 is 0. The van der Waals surface area contributed by atoms with Gasteiger partial charge in [0.05, 0.1) is 0 Å². The van der Waals surface area contributed by atoms with Crippen LogP contribution in [0.4, 0.5) is 4.79 Å². The molecule has 0 radical (unpaired) electrons. The summed E-state index contributed by atoms with van der Waals surface area (Å²) in [6.07, 6.45) is 4.20. The topological polar surface area (TPSA) is 41.1 Å². The summed E-state index contributed by atoms with van der Waals surface area (Å²) in [5.41, 5.74) is 0. The first kappa shape index (κ1) is 12.6. The van der Waals surface area contributed by atoms with E-state index in [2.05, 4.69) is 24.5 Å². The third-order valence-electron chi connectivity index (χ3n) is 1.77. The Labute approximate surface area is 85.0 Å². The number of hydrogen-bond acceptors (Lipinski definition) is 2. The molecule has 0 aromatic carbocycles. The highest BCUT2D eigenvalue weighted by Crippen LogP contribution is 2.01. The standard InChI is InChI=1S/C9H20N2OS/c1-4-5-6-10-9(12)11-7-8(2)13-3/h8H,4-7H2,1-3H3,(H2,10,11,12). The fourth-order valence-electron chi connectivity index (χ4n) is 0.761. The first-order valence-electron chi connectivity index (χ1n) is 4.75. The van der Waals surface area contributed by atoms with Crippen molar-refractivity contribution >= 4 is 17.8 Å². The lowest BCUT2D eigenvalue weighted by Crippen LogP contribution is -2.38. The van der Waals surface area contributed by atoms with Crippen molar-refractivity contribution < 1.29 is 4.79 Å². The summed E-state index contributed by atoms with van der Waals surface area (Å²) in [7, 11) is 0. The monoisotopic (exact) mass is 204 g/mol. The van der Waals surface area contributed by atoms with Crippen LogP contribution in [0, 0.1) is 0 Å². The van der Waals surface area contributed by atoms with Gasteiger partial charge in [-0.3, -0.25) is 0 Å². The van der Waals surface area contributed by atoms with E-state index in [1.165, 1.54) is 0 Å². The fraction of sp³-hybridized carbons (Fsp3) is 0.889. The van der Waals surface area contributed by atoms with Crippen LogP contribution >= 0.6 is 11.8 Å². The highest BCUT2D eigenvalue weighted by atomic mass is 32.2. The minimum atomic E-state index is -0.0469. The smallest absolute Gasteiger partial charge is 0.314 e. The lowest BCUT2D eigenvalue weighted by molar-refractivity contribution is 0.241. The maximum atomic E-state index is 11.1. The van der Waals surface area contributed by atoms with Crippen LogP contribution in [-0.4, -0.2) is 30.6 Å². The zero-order valence-corrected chi connectivity index (χ0v) is 9.54. The molecule has 0 aliphatic rings. The molecule has 0 aliphatic heterocycles. The molecule has 0 aliphatic carbocycles. The molecule has 0 rings (SSSR count). The Kier molecular flexibility index (Phi) is 7.99. The molecule has 2 N–H and O–H groups in total. The van der Waals surface area contributed by atoms with E-state index in [-0.39, 0.29) is 6.03 Å². The minimum absolute atomic E-state index is 0.0469. The molecule has 0 bridgehead atoms. The van der Waals surface area contributed by atoms with Gasteiger partial charge in [-0.1, -0.05) is 20.3 Å². The largest absolute Gasteiger partial charge is 0.338 e. The number of nitrogens with one attached hydrogen (secondary N) is 2. The van der Waals surface area contributed by atoms with E-state index < -0.39 is 0 Å². The summed E-state index contributed by atoms with van der Waals surface area (Å²) in [4.78, 5) is 11.1. The van der Waals surface area contributed by atoms with Crippen molar-refractivity contribution in [2.24, 2.45) is 0 Å². The second-order valence-electron chi connectivity index (χ2n) is 3.04. The summed E-state index contributed by atoms with van der Waals surface area (Å²) in [6, 6.07) is -0.0469. The Balaban J connectivity index is 3.30. The first-order valence-corrected chi connectivity index (χ1v) is 6.04. The molecular weight excluding hydrogens is 184 g/mol. The number of thioether (sulfide) groups is 1. The van der Waals surface area contributed by atoms with E-state index in [0.29, 0.717) is 5.25 Å². The molecule has 1 atom stereocenters. The van der Waals surface area contributed by atoms with Gasteiger partial charge in [0.25, 0.3) is 0 Å². The number of rotatable bonds is 6. The van der Waals surface area contributed by atoms with Crippen LogP contribution in [0.2, 0.25) is 0 Å². The predicted octanol–water partition coefficient (Wildman–Crippen LogP) is 1.84. The Morgan fingerprint density at radius 1 is 1.46 bits per heavy atom. The fourth-order valence-corrected chi connectivity index (χ4v) is 1.01. The lowest BCUT2D eigenvalue weighted by atomic mass is 10.3. The molecule has 0 fully saturated rings. The molecule has 2 amide bonds. The van der Waals surface area contributed by atoms with Crippen molar-refractivity contribution in [3.05, 3.63) is 0 Å². The minimum Gasteiger partial charge on any atom is -0.338 e. The maximum absolute atomic E-state index is 11.1. The third-order valence-corrected chi connectivity index (χ3v) is 2.74. The van der Waals surface area contributed by atoms with Gasteiger partial charge in [-0.25, -0.2) is 4.79 Å². The van der Waals surface area contributed by atoms with Crippen molar-refractivity contribution in [2.45, 2.75) is 31.9 Å². The number of amides is 2. The van der Waals surface area contributed by atoms with Crippen LogP contribution in [0.15, 0.2) is 0 Å². The Hall–Kier alpha value is -0.380. The van der Waals surface area contributed by atoms with Crippen LogP contribution in [0.3, 0.4) is 0 Å². The van der Waals surface area contributed by atoms with Gasteiger partial charge in [-0.05, 0) is 12.7 Å². The van der Waals surface area contributed by atoms with E-state index in [9.17, 15) is 4.79 Å². The van der Waals surface area contributed by atoms with Gasteiger partial charge in [0.1, 0.15) is 0 Å². The summed E-state index contributed by atoms with van der Waals surface area (Å²) in [6.45, 7) is 5.71. The van der Waals surface area contributed by atoms with E-state index in [0.717, 1.165) is 25.9 Å². The number of urea groups is 1. The van der Waals surface area contributed by atoms with Crippen LogP contribution < -0.4 is 10.6 Å². The molecule has 0 heterocycles. The molecule has 0 aromatic heterocycles. The van der Waals surface area contributed by atoms with Crippen LogP contribution in [-0.2, 0) is 0 Å². The van der Waals surface area contributed by atoms with E-state index >= 15 is 0 Å². The average molecular weight is 204 g/mol. The second kappa shape index (κ2) is 8.23. The van der Waals surface area contributed by atoms with Crippen molar-refractivity contribution in [3.63, 3.8) is 0 Å². The normalized spacial score (nSPS) is 12.2. The molecule has 0 saturated carbocycles. The first-order chi connectivity index (χ1) is 6.20. The van der Waals surface area contributed by atoms with E-state index in [1.54, 1.807) is 11.8 Å². The quantitative estimate of drug-likeness (QED) is 0.648. The van der Waals surface area contributed by atoms with E-state index in [1.807, 2.05) is 6.26 Å². The second-order valence-corrected chi connectivity index (χ2v) is 4.31. The van der Waals surface area contributed by atoms with Crippen molar-refractivity contribution in [1.29, 1.82) is 0 Å². The van der Waals surface area contributed by atoms with Crippen LogP contribution in [0.1, 0.15) is 26.7 Å². The lowest BCUT2D eigenvalue weighted by Gasteiger charge is -2.10. The molecule has 78 valence electrons. The zero-order valence-electron chi connectivity index (χ0n) is 8.72. The molecule has 0 aromatic rings. The number of hydrogen-bond donors (Lipinski definition) is 2. The Morgan fingerprint density at radius 2 is 2.15 bits per heavy atom. The van der Waals surface area contributed by atoms with Crippen LogP contribution in [0.25, 0.3) is 0 Å². The molecular formula is C9H20N2OS. The molecule has 0 spiro atoms. The molecule has 0 saturated heterocycles. The maximum Gasteiger partial charge on any atom is 0.314 e. The number of carbonyl (C=O) groups is 1. The van der Waals surface area contributed by atoms with Crippen LogP contribution in [0.5, 0.6) is 0 Å². The van der Waals surface area contributed by atoms with Gasteiger partial charge in [0.15, 0.2) is 0 Å². The van der Waals surface area contributed by atoms with Crippen molar-refractivity contribution in [3.8, 4) is 0 Å². The van der Waals surface area contributed by atoms with Gasteiger partial charge in [0, 0.05) is 18.3 Å². The predicted molar refractivity (Wildman–Crippen MR) is 59.3 cm³/mol. The third kappa shape index (κ3) is 7.96.